The fraction of sp³-hybridized carbons (Fsp3) is 0.238. The van der Waals surface area contributed by atoms with E-state index in [0.29, 0.717) is 11.5 Å². The summed E-state index contributed by atoms with van der Waals surface area (Å²) < 4.78 is 45.5. The molecule has 3 aromatic rings. The smallest absolute Gasteiger partial charge is 0.433 e. The molecule has 0 amide bonds. The van der Waals surface area contributed by atoms with Gasteiger partial charge in [-0.25, -0.2) is 4.98 Å². The summed E-state index contributed by atoms with van der Waals surface area (Å²) in [4.78, 5) is 7.83. The maximum absolute atomic E-state index is 13.3. The SMILES string of the molecule is Cc1ccc(CSc2nc(Oc3ccc(C)cc3C)cc(C(F)(F)F)n2)cc1. The van der Waals surface area contributed by atoms with E-state index in [0.717, 1.165) is 40.1 Å². The number of hydrogen-bond donors (Lipinski definition) is 0. The average molecular weight is 404 g/mol. The number of ether oxygens (including phenoxy) is 1. The quantitative estimate of drug-likeness (QED) is 0.359. The minimum atomic E-state index is -4.58. The Morgan fingerprint density at radius 2 is 1.57 bits per heavy atom. The number of aryl methyl sites for hydroxylation is 3. The fourth-order valence-corrected chi connectivity index (χ4v) is 3.33. The molecule has 0 saturated carbocycles. The molecule has 3 rings (SSSR count). The molecule has 1 heterocycles. The molecule has 0 aliphatic carbocycles. The number of rotatable bonds is 5. The van der Waals surface area contributed by atoms with Gasteiger partial charge in [0.2, 0.25) is 5.88 Å². The van der Waals surface area contributed by atoms with Crippen LogP contribution in [0.25, 0.3) is 0 Å². The molecule has 146 valence electrons. The predicted octanol–water partition coefficient (Wildman–Crippen LogP) is 6.51. The van der Waals surface area contributed by atoms with Gasteiger partial charge in [0.15, 0.2) is 10.9 Å². The van der Waals surface area contributed by atoms with Crippen molar-refractivity contribution in [3.63, 3.8) is 0 Å². The Labute approximate surface area is 166 Å². The molecular weight excluding hydrogens is 385 g/mol. The number of hydrogen-bond acceptors (Lipinski definition) is 4. The Morgan fingerprint density at radius 3 is 2.21 bits per heavy atom. The van der Waals surface area contributed by atoms with Gasteiger partial charge in [-0.2, -0.15) is 18.2 Å². The first-order valence-electron chi connectivity index (χ1n) is 8.60. The highest BCUT2D eigenvalue weighted by molar-refractivity contribution is 7.98. The van der Waals surface area contributed by atoms with Crippen LogP contribution in [0.5, 0.6) is 11.6 Å². The number of benzene rings is 2. The first-order chi connectivity index (χ1) is 13.2. The van der Waals surface area contributed by atoms with Crippen LogP contribution in [-0.4, -0.2) is 9.97 Å². The van der Waals surface area contributed by atoms with Gasteiger partial charge in [0.25, 0.3) is 0 Å². The Morgan fingerprint density at radius 1 is 0.893 bits per heavy atom. The molecule has 0 aliphatic rings. The lowest BCUT2D eigenvalue weighted by Crippen LogP contribution is -2.10. The van der Waals surface area contributed by atoms with E-state index in [2.05, 4.69) is 9.97 Å². The summed E-state index contributed by atoms with van der Waals surface area (Å²) in [5, 5.41) is 0.0233. The largest absolute Gasteiger partial charge is 0.439 e. The van der Waals surface area contributed by atoms with Crippen LogP contribution < -0.4 is 4.74 Å². The van der Waals surface area contributed by atoms with Gasteiger partial charge in [-0.1, -0.05) is 59.3 Å². The van der Waals surface area contributed by atoms with Crippen molar-refractivity contribution in [2.75, 3.05) is 0 Å². The minimum absolute atomic E-state index is 0.0233. The van der Waals surface area contributed by atoms with Crippen molar-refractivity contribution in [3.8, 4) is 11.6 Å². The van der Waals surface area contributed by atoms with E-state index in [1.54, 1.807) is 6.07 Å². The van der Waals surface area contributed by atoms with Crippen molar-refractivity contribution in [2.24, 2.45) is 0 Å². The van der Waals surface area contributed by atoms with Crippen LogP contribution >= 0.6 is 11.8 Å². The molecule has 1 aromatic heterocycles. The molecule has 2 aromatic carbocycles. The zero-order chi connectivity index (χ0) is 20.3. The van der Waals surface area contributed by atoms with Crippen molar-refractivity contribution in [2.45, 2.75) is 37.9 Å². The zero-order valence-corrected chi connectivity index (χ0v) is 16.5. The van der Waals surface area contributed by atoms with Crippen LogP contribution in [0.1, 0.15) is 27.9 Å². The normalized spacial score (nSPS) is 11.5. The van der Waals surface area contributed by atoms with E-state index in [1.165, 1.54) is 0 Å². The van der Waals surface area contributed by atoms with E-state index < -0.39 is 11.9 Å². The number of aromatic nitrogens is 2. The fourth-order valence-electron chi connectivity index (χ4n) is 2.52. The van der Waals surface area contributed by atoms with Crippen LogP contribution in [0, 0.1) is 20.8 Å². The molecule has 0 bridgehead atoms. The van der Waals surface area contributed by atoms with Crippen LogP contribution in [0.3, 0.4) is 0 Å². The Kier molecular flexibility index (Phi) is 5.93. The van der Waals surface area contributed by atoms with Crippen molar-refractivity contribution < 1.29 is 17.9 Å². The zero-order valence-electron chi connectivity index (χ0n) is 15.7. The van der Waals surface area contributed by atoms with Gasteiger partial charge >= 0.3 is 6.18 Å². The van der Waals surface area contributed by atoms with Gasteiger partial charge in [-0.15, -0.1) is 0 Å². The summed E-state index contributed by atoms with van der Waals surface area (Å²) in [5.41, 5.74) is 2.94. The Balaban J connectivity index is 1.87. The Hall–Kier alpha value is -2.54. The summed E-state index contributed by atoms with van der Waals surface area (Å²) in [6.45, 7) is 5.74. The van der Waals surface area contributed by atoms with Gasteiger partial charge in [-0.3, -0.25) is 0 Å². The molecule has 3 nitrogen and oxygen atoms in total. The van der Waals surface area contributed by atoms with Crippen molar-refractivity contribution in [1.29, 1.82) is 0 Å². The molecule has 28 heavy (non-hydrogen) atoms. The highest BCUT2D eigenvalue weighted by Crippen LogP contribution is 2.34. The lowest BCUT2D eigenvalue weighted by Gasteiger charge is -2.12. The van der Waals surface area contributed by atoms with Crippen LogP contribution in [-0.2, 0) is 11.9 Å². The van der Waals surface area contributed by atoms with Crippen molar-refractivity contribution in [1.82, 2.24) is 9.97 Å². The van der Waals surface area contributed by atoms with Gasteiger partial charge < -0.3 is 4.74 Å². The molecule has 0 spiro atoms. The lowest BCUT2D eigenvalue weighted by atomic mass is 10.1. The third-order valence-electron chi connectivity index (χ3n) is 4.01. The highest BCUT2D eigenvalue weighted by atomic mass is 32.2. The molecule has 0 saturated heterocycles. The molecule has 0 atom stereocenters. The summed E-state index contributed by atoms with van der Waals surface area (Å²) >= 11 is 1.14. The summed E-state index contributed by atoms with van der Waals surface area (Å²) in [6, 6.07) is 14.1. The summed E-state index contributed by atoms with van der Waals surface area (Å²) in [7, 11) is 0. The molecule has 0 fully saturated rings. The average Bonchev–Trinajstić information content (AvgIpc) is 2.63. The lowest BCUT2D eigenvalue weighted by molar-refractivity contribution is -0.141. The molecule has 0 radical (unpaired) electrons. The first-order valence-corrected chi connectivity index (χ1v) is 9.59. The van der Waals surface area contributed by atoms with E-state index in [1.807, 2.05) is 57.2 Å². The summed E-state index contributed by atoms with van der Waals surface area (Å²) in [6.07, 6.45) is -4.58. The molecule has 0 unspecified atom stereocenters. The molecular formula is C21H19F3N2OS. The second-order valence-electron chi connectivity index (χ2n) is 6.52. The molecule has 7 heteroatoms. The van der Waals surface area contributed by atoms with Gasteiger partial charge in [0.05, 0.1) is 0 Å². The third-order valence-corrected chi connectivity index (χ3v) is 4.92. The number of halogens is 3. The van der Waals surface area contributed by atoms with Crippen LogP contribution in [0.2, 0.25) is 0 Å². The third kappa shape index (κ3) is 5.25. The predicted molar refractivity (Wildman–Crippen MR) is 104 cm³/mol. The topological polar surface area (TPSA) is 35.0 Å². The maximum Gasteiger partial charge on any atom is 0.433 e. The van der Waals surface area contributed by atoms with E-state index >= 15 is 0 Å². The van der Waals surface area contributed by atoms with Crippen molar-refractivity contribution >= 4 is 11.8 Å². The second kappa shape index (κ2) is 8.22. The maximum atomic E-state index is 13.3. The monoisotopic (exact) mass is 404 g/mol. The first kappa shape index (κ1) is 20.2. The van der Waals surface area contributed by atoms with Gasteiger partial charge in [0, 0.05) is 11.8 Å². The Bertz CT molecular complexity index is 972. The highest BCUT2D eigenvalue weighted by Gasteiger charge is 2.34. The second-order valence-corrected chi connectivity index (χ2v) is 7.46. The minimum Gasteiger partial charge on any atom is -0.439 e. The van der Waals surface area contributed by atoms with Gasteiger partial charge in [-0.05, 0) is 38.0 Å². The standard InChI is InChI=1S/C21H19F3N2OS/c1-13-4-7-16(8-5-13)12-28-20-25-18(21(22,23)24)11-19(26-20)27-17-9-6-14(2)10-15(17)3/h4-11H,12H2,1-3H3. The number of thioether (sulfide) groups is 1. The number of alkyl halides is 3. The van der Waals surface area contributed by atoms with Crippen LogP contribution in [0.4, 0.5) is 13.2 Å². The van der Waals surface area contributed by atoms with Gasteiger partial charge in [0.1, 0.15) is 5.75 Å². The summed E-state index contributed by atoms with van der Waals surface area (Å²) in [5.74, 6) is 0.803. The van der Waals surface area contributed by atoms with E-state index in [-0.39, 0.29) is 11.0 Å². The van der Waals surface area contributed by atoms with E-state index in [9.17, 15) is 13.2 Å². The van der Waals surface area contributed by atoms with Crippen LogP contribution in [0.15, 0.2) is 53.7 Å². The molecule has 0 N–H and O–H groups in total. The molecule has 0 aliphatic heterocycles. The number of nitrogens with zero attached hydrogens (tertiary/aromatic N) is 2. The van der Waals surface area contributed by atoms with E-state index in [4.69, 9.17) is 4.74 Å². The van der Waals surface area contributed by atoms with Crippen molar-refractivity contribution in [3.05, 3.63) is 76.5 Å².